The van der Waals surface area contributed by atoms with Crippen LogP contribution in [0.3, 0.4) is 0 Å². The van der Waals surface area contributed by atoms with Crippen LogP contribution in [0.2, 0.25) is 0 Å². The third kappa shape index (κ3) is 4.75. The largest absolute Gasteiger partial charge is 0.388 e. The highest BCUT2D eigenvalue weighted by Crippen LogP contribution is 2.25. The molecule has 1 fully saturated rings. The third-order valence-corrected chi connectivity index (χ3v) is 7.20. The first-order valence-electron chi connectivity index (χ1n) is 12.6. The molecule has 0 spiro atoms. The lowest BCUT2D eigenvalue weighted by atomic mass is 9.91. The Balaban J connectivity index is 1.16. The fraction of sp³-hybridized carbons (Fsp3) is 0.286. The second-order valence-corrected chi connectivity index (χ2v) is 10.1. The standard InChI is InChI=1S/C28H28FN7O2/c1-20-14-31-35(16-20)23-6-8-24(9-7-23)36-26-25(15-32-36)27(37)34(19-30-26)18-28(38)10-12-33(13-11-28)17-21-2-4-22(29)5-3-21/h2-9,14-16,19,38H,10-13,17-18H2,1H3. The molecule has 10 heteroatoms. The summed E-state index contributed by atoms with van der Waals surface area (Å²) in [6.07, 6.45) is 7.83. The van der Waals surface area contributed by atoms with Crippen LogP contribution in [0.4, 0.5) is 4.39 Å². The van der Waals surface area contributed by atoms with Crippen molar-refractivity contribution in [3.8, 4) is 11.4 Å². The number of nitrogens with zero attached hydrogens (tertiary/aromatic N) is 7. The molecule has 38 heavy (non-hydrogen) atoms. The number of fused-ring (bicyclic) bond motifs is 1. The normalized spacial score (nSPS) is 15.8. The molecule has 9 nitrogen and oxygen atoms in total. The first kappa shape index (κ1) is 24.2. The van der Waals surface area contributed by atoms with Gasteiger partial charge in [0, 0.05) is 25.8 Å². The van der Waals surface area contributed by atoms with Crippen LogP contribution in [-0.4, -0.2) is 57.8 Å². The van der Waals surface area contributed by atoms with Gasteiger partial charge in [0.2, 0.25) is 0 Å². The Bertz CT molecular complexity index is 1630. The predicted molar refractivity (Wildman–Crippen MR) is 141 cm³/mol. The molecule has 194 valence electrons. The number of benzene rings is 2. The number of piperidine rings is 1. The van der Waals surface area contributed by atoms with E-state index in [1.165, 1.54) is 29.2 Å². The maximum absolute atomic E-state index is 13.3. The molecule has 2 aromatic carbocycles. The van der Waals surface area contributed by atoms with Crippen LogP contribution in [0.15, 0.2) is 78.2 Å². The quantitative estimate of drug-likeness (QED) is 0.375. The van der Waals surface area contributed by atoms with Gasteiger partial charge in [-0.1, -0.05) is 12.1 Å². The van der Waals surface area contributed by atoms with E-state index in [1.807, 2.05) is 37.4 Å². The Morgan fingerprint density at radius 2 is 1.68 bits per heavy atom. The number of aryl methyl sites for hydroxylation is 1. The lowest BCUT2D eigenvalue weighted by Crippen LogP contribution is -2.47. The molecule has 0 atom stereocenters. The molecule has 4 heterocycles. The summed E-state index contributed by atoms with van der Waals surface area (Å²) >= 11 is 0. The van der Waals surface area contributed by atoms with Crippen LogP contribution in [0.25, 0.3) is 22.4 Å². The van der Waals surface area contributed by atoms with E-state index in [-0.39, 0.29) is 17.9 Å². The number of hydrogen-bond donors (Lipinski definition) is 1. The highest BCUT2D eigenvalue weighted by atomic mass is 19.1. The highest BCUT2D eigenvalue weighted by molar-refractivity contribution is 5.75. The molecular weight excluding hydrogens is 485 g/mol. The van der Waals surface area contributed by atoms with Crippen LogP contribution in [0.1, 0.15) is 24.0 Å². The Morgan fingerprint density at radius 1 is 0.974 bits per heavy atom. The summed E-state index contributed by atoms with van der Waals surface area (Å²) in [5, 5.41) is 20.4. The number of rotatable bonds is 6. The third-order valence-electron chi connectivity index (χ3n) is 7.20. The van der Waals surface area contributed by atoms with Gasteiger partial charge >= 0.3 is 0 Å². The van der Waals surface area contributed by atoms with Gasteiger partial charge < -0.3 is 5.11 Å². The summed E-state index contributed by atoms with van der Waals surface area (Å²) in [6, 6.07) is 14.2. The van der Waals surface area contributed by atoms with Crippen molar-refractivity contribution in [3.05, 3.63) is 101 Å². The minimum Gasteiger partial charge on any atom is -0.388 e. The molecular formula is C28H28FN7O2. The van der Waals surface area contributed by atoms with Crippen molar-refractivity contribution in [2.75, 3.05) is 13.1 Å². The van der Waals surface area contributed by atoms with Gasteiger partial charge in [0.05, 0.1) is 35.9 Å². The average Bonchev–Trinajstić information content (AvgIpc) is 3.56. The maximum atomic E-state index is 13.3. The smallest absolute Gasteiger partial charge is 0.264 e. The van der Waals surface area contributed by atoms with Gasteiger partial charge in [-0.3, -0.25) is 14.3 Å². The van der Waals surface area contributed by atoms with Gasteiger partial charge in [0.25, 0.3) is 5.56 Å². The average molecular weight is 514 g/mol. The fourth-order valence-electron chi connectivity index (χ4n) is 5.00. The zero-order valence-electron chi connectivity index (χ0n) is 21.0. The van der Waals surface area contributed by atoms with E-state index >= 15 is 0 Å². The minimum absolute atomic E-state index is 0.169. The van der Waals surface area contributed by atoms with Crippen molar-refractivity contribution in [1.29, 1.82) is 0 Å². The zero-order valence-corrected chi connectivity index (χ0v) is 21.0. The molecule has 0 radical (unpaired) electrons. The molecule has 3 aromatic heterocycles. The predicted octanol–water partition coefficient (Wildman–Crippen LogP) is 3.24. The van der Waals surface area contributed by atoms with Crippen LogP contribution < -0.4 is 5.56 Å². The van der Waals surface area contributed by atoms with E-state index in [9.17, 15) is 14.3 Å². The molecule has 5 aromatic rings. The van der Waals surface area contributed by atoms with E-state index < -0.39 is 5.60 Å². The van der Waals surface area contributed by atoms with Crippen molar-refractivity contribution < 1.29 is 9.50 Å². The molecule has 1 saturated heterocycles. The number of hydrogen-bond acceptors (Lipinski definition) is 6. The summed E-state index contributed by atoms with van der Waals surface area (Å²) in [7, 11) is 0. The topological polar surface area (TPSA) is 94.0 Å². The van der Waals surface area contributed by atoms with E-state index in [0.29, 0.717) is 43.5 Å². The van der Waals surface area contributed by atoms with Crippen molar-refractivity contribution in [3.63, 3.8) is 0 Å². The van der Waals surface area contributed by atoms with E-state index in [0.717, 1.165) is 22.5 Å². The molecule has 1 aliphatic heterocycles. The van der Waals surface area contributed by atoms with Crippen LogP contribution in [-0.2, 0) is 13.1 Å². The minimum atomic E-state index is -1.00. The van der Waals surface area contributed by atoms with Crippen molar-refractivity contribution in [2.45, 2.75) is 38.5 Å². The van der Waals surface area contributed by atoms with Gasteiger partial charge in [-0.25, -0.2) is 18.7 Å². The zero-order chi connectivity index (χ0) is 26.3. The molecule has 0 bridgehead atoms. The number of halogens is 1. The van der Waals surface area contributed by atoms with Crippen LogP contribution >= 0.6 is 0 Å². The monoisotopic (exact) mass is 513 g/mol. The van der Waals surface area contributed by atoms with Crippen molar-refractivity contribution in [2.24, 2.45) is 0 Å². The van der Waals surface area contributed by atoms with Crippen molar-refractivity contribution >= 4 is 11.0 Å². The van der Waals surface area contributed by atoms with Gasteiger partial charge in [0.15, 0.2) is 5.65 Å². The summed E-state index contributed by atoms with van der Waals surface area (Å²) in [6.45, 7) is 4.23. The number of aromatic nitrogens is 6. The molecule has 0 saturated carbocycles. The van der Waals surface area contributed by atoms with Crippen molar-refractivity contribution in [1.82, 2.24) is 34.0 Å². The number of likely N-dealkylation sites (tertiary alicyclic amines) is 1. The van der Waals surface area contributed by atoms with Gasteiger partial charge in [-0.15, -0.1) is 0 Å². The maximum Gasteiger partial charge on any atom is 0.264 e. The molecule has 0 unspecified atom stereocenters. The first-order chi connectivity index (χ1) is 18.4. The van der Waals surface area contributed by atoms with Crippen LogP contribution in [0, 0.1) is 12.7 Å². The lowest BCUT2D eigenvalue weighted by Gasteiger charge is -2.38. The summed E-state index contributed by atoms with van der Waals surface area (Å²) < 4.78 is 18.1. The molecule has 0 aliphatic carbocycles. The Morgan fingerprint density at radius 3 is 2.37 bits per heavy atom. The second kappa shape index (κ2) is 9.62. The molecule has 1 N–H and O–H groups in total. The number of aliphatic hydroxyl groups is 1. The molecule has 1 aliphatic rings. The summed E-state index contributed by atoms with van der Waals surface area (Å²) in [4.78, 5) is 20.0. The van der Waals surface area contributed by atoms with E-state index in [4.69, 9.17) is 0 Å². The molecule has 0 amide bonds. The van der Waals surface area contributed by atoms with E-state index in [1.54, 1.807) is 27.7 Å². The highest BCUT2D eigenvalue weighted by Gasteiger charge is 2.33. The van der Waals surface area contributed by atoms with Gasteiger partial charge in [0.1, 0.15) is 17.5 Å². The first-order valence-corrected chi connectivity index (χ1v) is 12.6. The van der Waals surface area contributed by atoms with Gasteiger partial charge in [-0.2, -0.15) is 10.2 Å². The Kier molecular flexibility index (Phi) is 6.13. The molecule has 6 rings (SSSR count). The second-order valence-electron chi connectivity index (χ2n) is 10.1. The Labute approximate surface area is 218 Å². The van der Waals surface area contributed by atoms with Crippen LogP contribution in [0.5, 0.6) is 0 Å². The van der Waals surface area contributed by atoms with E-state index in [2.05, 4.69) is 20.1 Å². The SMILES string of the molecule is Cc1cnn(-c2ccc(-n3ncc4c(=O)n(CC5(O)CCN(Cc6ccc(F)cc6)CC5)cnc43)cc2)c1. The summed E-state index contributed by atoms with van der Waals surface area (Å²) in [5.41, 5.74) is 3.05. The Hall–Kier alpha value is -4.15. The van der Waals surface area contributed by atoms with Gasteiger partial charge in [-0.05, 0) is 67.3 Å². The summed E-state index contributed by atoms with van der Waals surface area (Å²) in [5.74, 6) is -0.248. The lowest BCUT2D eigenvalue weighted by molar-refractivity contribution is -0.0364. The fourth-order valence-corrected chi connectivity index (χ4v) is 5.00.